The van der Waals surface area contributed by atoms with Crippen LogP contribution in [0.3, 0.4) is 0 Å². The van der Waals surface area contributed by atoms with Gasteiger partial charge in [0, 0.05) is 18.8 Å². The smallest absolute Gasteiger partial charge is 0.273 e. The molecular weight excluding hydrogens is 387 g/mol. The number of para-hydroxylation sites is 1. The maximum atomic E-state index is 12.3. The van der Waals surface area contributed by atoms with Gasteiger partial charge in [0.25, 0.3) is 5.91 Å². The highest BCUT2D eigenvalue weighted by atomic mass is 35.5. The van der Waals surface area contributed by atoms with Crippen molar-refractivity contribution in [2.24, 2.45) is 0 Å². The number of piperidine rings is 1. The summed E-state index contributed by atoms with van der Waals surface area (Å²) >= 11 is 0. The van der Waals surface area contributed by atoms with Gasteiger partial charge in [-0.05, 0) is 51.4 Å². The van der Waals surface area contributed by atoms with Gasteiger partial charge in [0.05, 0.1) is 11.7 Å². The van der Waals surface area contributed by atoms with Crippen molar-refractivity contribution in [3.05, 3.63) is 41.7 Å². The van der Waals surface area contributed by atoms with Crippen molar-refractivity contribution in [2.45, 2.75) is 32.2 Å². The molecule has 1 aliphatic rings. The molecule has 0 bridgehead atoms. The van der Waals surface area contributed by atoms with Crippen molar-refractivity contribution in [2.75, 3.05) is 31.5 Å². The molecule has 3 N–H and O–H groups in total. The molecule has 1 aromatic heterocycles. The van der Waals surface area contributed by atoms with Gasteiger partial charge in [-0.25, -0.2) is 4.68 Å². The molecule has 1 fully saturated rings. The molecule has 2 aromatic rings. The largest absolute Gasteiger partial charge is 0.385 e. The molecule has 27 heavy (non-hydrogen) atoms. The van der Waals surface area contributed by atoms with Crippen LogP contribution in [-0.2, 0) is 0 Å². The van der Waals surface area contributed by atoms with Crippen LogP contribution in [0.5, 0.6) is 0 Å². The number of carbonyl (C=O) groups is 1. The van der Waals surface area contributed by atoms with Gasteiger partial charge >= 0.3 is 0 Å². The van der Waals surface area contributed by atoms with E-state index in [9.17, 15) is 4.79 Å². The van der Waals surface area contributed by atoms with Crippen LogP contribution in [0.25, 0.3) is 0 Å². The maximum Gasteiger partial charge on any atom is 0.273 e. The van der Waals surface area contributed by atoms with E-state index in [-0.39, 0.29) is 30.7 Å². The summed E-state index contributed by atoms with van der Waals surface area (Å²) in [6.45, 7) is 5.32. The Labute approximate surface area is 172 Å². The third kappa shape index (κ3) is 6.37. The third-order valence-corrected chi connectivity index (χ3v) is 4.54. The zero-order valence-electron chi connectivity index (χ0n) is 15.5. The summed E-state index contributed by atoms with van der Waals surface area (Å²) in [5.74, 6) is -0.141. The van der Waals surface area contributed by atoms with Gasteiger partial charge in [0.15, 0.2) is 5.69 Å². The van der Waals surface area contributed by atoms with E-state index in [2.05, 4.69) is 26.3 Å². The molecule has 0 aliphatic carbocycles. The Morgan fingerprint density at radius 1 is 1.19 bits per heavy atom. The van der Waals surface area contributed by atoms with E-state index in [1.54, 1.807) is 0 Å². The van der Waals surface area contributed by atoms with Crippen LogP contribution >= 0.6 is 24.8 Å². The van der Waals surface area contributed by atoms with Gasteiger partial charge in [-0.2, -0.15) is 0 Å². The summed E-state index contributed by atoms with van der Waals surface area (Å²) in [6, 6.07) is 10.4. The van der Waals surface area contributed by atoms with Crippen molar-refractivity contribution >= 4 is 36.4 Å². The third-order valence-electron chi connectivity index (χ3n) is 4.54. The quantitative estimate of drug-likeness (QED) is 0.606. The van der Waals surface area contributed by atoms with Gasteiger partial charge < -0.3 is 16.0 Å². The van der Waals surface area contributed by atoms with Crippen molar-refractivity contribution in [3.8, 4) is 0 Å². The Kier molecular flexibility index (Phi) is 10.1. The predicted molar refractivity (Wildman–Crippen MR) is 112 cm³/mol. The first-order valence-corrected chi connectivity index (χ1v) is 8.95. The first-order valence-electron chi connectivity index (χ1n) is 8.95. The van der Waals surface area contributed by atoms with E-state index < -0.39 is 0 Å². The fraction of sp³-hybridized carbons (Fsp3) is 0.500. The predicted octanol–water partition coefficient (Wildman–Crippen LogP) is 2.59. The summed E-state index contributed by atoms with van der Waals surface area (Å²) in [7, 11) is 0. The molecule has 1 aromatic carbocycles. The number of aromatic nitrogens is 3. The van der Waals surface area contributed by atoms with Crippen molar-refractivity contribution in [1.29, 1.82) is 0 Å². The van der Waals surface area contributed by atoms with Crippen LogP contribution in [0.1, 0.15) is 41.5 Å². The van der Waals surface area contributed by atoms with Gasteiger partial charge in [-0.15, -0.1) is 29.9 Å². The Morgan fingerprint density at radius 3 is 2.59 bits per heavy atom. The second-order valence-corrected chi connectivity index (χ2v) is 6.35. The lowest BCUT2D eigenvalue weighted by atomic mass is 10.1. The van der Waals surface area contributed by atoms with Crippen LogP contribution in [0.4, 0.5) is 5.69 Å². The minimum atomic E-state index is -0.141. The molecule has 1 amide bonds. The first-order chi connectivity index (χ1) is 12.3. The minimum absolute atomic E-state index is 0. The number of anilines is 1. The van der Waals surface area contributed by atoms with E-state index in [1.165, 1.54) is 0 Å². The lowest BCUT2D eigenvalue weighted by molar-refractivity contribution is 0.0948. The van der Waals surface area contributed by atoms with Crippen LogP contribution in [0.15, 0.2) is 30.3 Å². The van der Waals surface area contributed by atoms with E-state index in [0.717, 1.165) is 50.3 Å². The number of nitrogens with zero attached hydrogens (tertiary/aromatic N) is 3. The molecule has 3 rings (SSSR count). The highest BCUT2D eigenvalue weighted by Crippen LogP contribution is 2.20. The molecule has 1 saturated heterocycles. The summed E-state index contributed by atoms with van der Waals surface area (Å²) in [4.78, 5) is 12.3. The van der Waals surface area contributed by atoms with Crippen molar-refractivity contribution in [3.63, 3.8) is 0 Å². The van der Waals surface area contributed by atoms with Crippen LogP contribution < -0.4 is 16.0 Å². The van der Waals surface area contributed by atoms with E-state index in [4.69, 9.17) is 0 Å². The second kappa shape index (κ2) is 11.8. The van der Waals surface area contributed by atoms with Crippen molar-refractivity contribution in [1.82, 2.24) is 25.6 Å². The highest BCUT2D eigenvalue weighted by Gasteiger charge is 2.22. The molecular formula is C18H28Cl2N6O. The number of hydrogen-bond acceptors (Lipinski definition) is 5. The number of halogens is 2. The number of benzene rings is 1. The van der Waals surface area contributed by atoms with Gasteiger partial charge in [0.1, 0.15) is 0 Å². The van der Waals surface area contributed by atoms with E-state index in [1.807, 2.05) is 41.9 Å². The average Bonchev–Trinajstić information content (AvgIpc) is 3.04. The molecule has 1 aliphatic heterocycles. The second-order valence-electron chi connectivity index (χ2n) is 6.35. The number of amides is 1. The summed E-state index contributed by atoms with van der Waals surface area (Å²) in [5, 5.41) is 17.9. The molecule has 2 heterocycles. The average molecular weight is 415 g/mol. The molecule has 0 radical (unpaired) electrons. The minimum Gasteiger partial charge on any atom is -0.385 e. The standard InChI is InChI=1S/C18H26N6O.2ClH/c1-14-17(22-23-24(14)16-8-12-19-13-9-16)18(25)21-11-5-10-20-15-6-3-2-4-7-15;;/h2-4,6-7,16,19-20H,5,8-13H2,1H3,(H,21,25);2*1H. The monoisotopic (exact) mass is 414 g/mol. The summed E-state index contributed by atoms with van der Waals surface area (Å²) < 4.78 is 1.91. The fourth-order valence-electron chi connectivity index (χ4n) is 3.11. The maximum absolute atomic E-state index is 12.3. The molecule has 150 valence electrons. The number of hydrogen-bond donors (Lipinski definition) is 3. The normalized spacial score (nSPS) is 14.0. The van der Waals surface area contributed by atoms with E-state index in [0.29, 0.717) is 18.3 Å². The lowest BCUT2D eigenvalue weighted by Gasteiger charge is -2.23. The van der Waals surface area contributed by atoms with Gasteiger partial charge in [-0.1, -0.05) is 23.4 Å². The Balaban J connectivity index is 0.00000182. The molecule has 7 nitrogen and oxygen atoms in total. The highest BCUT2D eigenvalue weighted by molar-refractivity contribution is 5.93. The molecule has 0 spiro atoms. The Hall–Kier alpha value is -1.83. The van der Waals surface area contributed by atoms with Gasteiger partial charge in [-0.3, -0.25) is 4.79 Å². The first kappa shape index (κ1) is 23.2. The summed E-state index contributed by atoms with van der Waals surface area (Å²) in [5.41, 5.74) is 2.39. The van der Waals surface area contributed by atoms with Crippen LogP contribution in [0.2, 0.25) is 0 Å². The Morgan fingerprint density at radius 2 is 1.89 bits per heavy atom. The molecule has 9 heteroatoms. The van der Waals surface area contributed by atoms with E-state index >= 15 is 0 Å². The fourth-order valence-corrected chi connectivity index (χ4v) is 3.11. The Bertz CT molecular complexity index is 688. The summed E-state index contributed by atoms with van der Waals surface area (Å²) in [6.07, 6.45) is 2.90. The zero-order valence-corrected chi connectivity index (χ0v) is 17.1. The van der Waals surface area contributed by atoms with Gasteiger partial charge in [0.2, 0.25) is 0 Å². The van der Waals surface area contributed by atoms with Crippen LogP contribution in [0, 0.1) is 6.92 Å². The molecule has 0 saturated carbocycles. The topological polar surface area (TPSA) is 83.9 Å². The lowest BCUT2D eigenvalue weighted by Crippen LogP contribution is -2.30. The zero-order chi connectivity index (χ0) is 17.5. The van der Waals surface area contributed by atoms with Crippen LogP contribution in [-0.4, -0.2) is 47.1 Å². The number of carbonyl (C=O) groups excluding carboxylic acids is 1. The van der Waals surface area contributed by atoms with Crippen molar-refractivity contribution < 1.29 is 4.79 Å². The SMILES string of the molecule is Cc1c(C(=O)NCCCNc2ccccc2)nnn1C1CCNCC1.Cl.Cl. The number of rotatable bonds is 7. The molecule has 0 unspecified atom stereocenters. The molecule has 0 atom stereocenters. The number of nitrogens with one attached hydrogen (secondary N) is 3.